The minimum Gasteiger partial charge on any atom is -0.443 e. The third kappa shape index (κ3) is 10.0. The molecule has 2 saturated heterocycles. The number of anilines is 2. The molecule has 0 spiro atoms. The monoisotopic (exact) mass is 707 g/mol. The van der Waals surface area contributed by atoms with Crippen LogP contribution in [-0.2, 0) is 35.1 Å². The Bertz CT molecular complexity index is 1660. The average Bonchev–Trinajstić information content (AvgIpc) is 3.54. The van der Waals surface area contributed by atoms with Gasteiger partial charge in [0.2, 0.25) is 0 Å². The van der Waals surface area contributed by atoms with Crippen molar-refractivity contribution >= 4 is 41.3 Å². The molecule has 0 aromatic heterocycles. The summed E-state index contributed by atoms with van der Waals surface area (Å²) in [5.41, 5.74) is -0.743. The van der Waals surface area contributed by atoms with E-state index in [0.717, 1.165) is 6.42 Å². The van der Waals surface area contributed by atoms with Crippen molar-refractivity contribution < 1.29 is 48.0 Å². The number of nitriles is 1. The molecule has 2 fully saturated rings. The van der Waals surface area contributed by atoms with E-state index in [2.05, 4.69) is 5.32 Å². The van der Waals surface area contributed by atoms with Crippen LogP contribution in [0.2, 0.25) is 0 Å². The molecule has 2 aromatic rings. The van der Waals surface area contributed by atoms with Crippen molar-refractivity contribution in [3.05, 3.63) is 59.2 Å². The van der Waals surface area contributed by atoms with E-state index in [0.29, 0.717) is 29.2 Å². The van der Waals surface area contributed by atoms with E-state index < -0.39 is 54.0 Å². The molecule has 51 heavy (non-hydrogen) atoms. The third-order valence-corrected chi connectivity index (χ3v) is 7.90. The minimum atomic E-state index is -1.94. The number of nitrogens with zero attached hydrogens (tertiary/aromatic N) is 4. The molecule has 2 aliphatic heterocycles. The quantitative estimate of drug-likeness (QED) is 0.406. The summed E-state index contributed by atoms with van der Waals surface area (Å²) in [4.78, 5) is 69.8. The average molecular weight is 708 g/mol. The highest BCUT2D eigenvalue weighted by Crippen LogP contribution is 2.25. The molecule has 0 saturated carbocycles. The molecule has 0 bridgehead atoms. The number of aliphatic hydroxyl groups excluding tert-OH is 1. The number of carbonyl (C=O) groups is 5. The number of rotatable bonds is 8. The predicted octanol–water partition coefficient (Wildman–Crippen LogP) is 3.82. The number of nitrogens with one attached hydrogen (secondary N) is 1. The van der Waals surface area contributed by atoms with Gasteiger partial charge >= 0.3 is 12.2 Å². The van der Waals surface area contributed by atoms with Crippen molar-refractivity contribution in [1.29, 1.82) is 5.26 Å². The maximum absolute atomic E-state index is 13.5. The second kappa shape index (κ2) is 15.9. The Morgan fingerprint density at radius 2 is 1.71 bits per heavy atom. The first kappa shape index (κ1) is 38.8. The van der Waals surface area contributed by atoms with Crippen molar-refractivity contribution in [2.75, 3.05) is 43.6 Å². The first-order valence-corrected chi connectivity index (χ1v) is 16.5. The van der Waals surface area contributed by atoms with Crippen LogP contribution in [0.15, 0.2) is 42.5 Å². The third-order valence-electron chi connectivity index (χ3n) is 7.90. The molecule has 0 aliphatic carbocycles. The molecule has 0 unspecified atom stereocenters. The Balaban J connectivity index is 1.49. The van der Waals surface area contributed by atoms with Gasteiger partial charge in [0.1, 0.15) is 11.2 Å². The summed E-state index contributed by atoms with van der Waals surface area (Å²) in [6.07, 6.45) is -4.83. The van der Waals surface area contributed by atoms with E-state index >= 15 is 0 Å². The molecular formula is C36H45N5O10. The van der Waals surface area contributed by atoms with Gasteiger partial charge in [0, 0.05) is 43.7 Å². The van der Waals surface area contributed by atoms with Crippen LogP contribution < -0.4 is 10.2 Å². The molecule has 2 N–H and O–H groups in total. The van der Waals surface area contributed by atoms with Gasteiger partial charge in [-0.3, -0.25) is 14.4 Å². The molecule has 0 radical (unpaired) electrons. The van der Waals surface area contributed by atoms with Crippen LogP contribution in [0.5, 0.6) is 0 Å². The fourth-order valence-electron chi connectivity index (χ4n) is 5.46. The van der Waals surface area contributed by atoms with Crippen molar-refractivity contribution in [3.8, 4) is 6.07 Å². The van der Waals surface area contributed by atoms with E-state index in [-0.39, 0.29) is 42.0 Å². The van der Waals surface area contributed by atoms with Crippen molar-refractivity contribution in [1.82, 2.24) is 9.80 Å². The van der Waals surface area contributed by atoms with E-state index in [1.165, 1.54) is 23.1 Å². The maximum Gasteiger partial charge on any atom is 0.420 e. The lowest BCUT2D eigenvalue weighted by molar-refractivity contribution is -0.150. The molecule has 2 aromatic carbocycles. The van der Waals surface area contributed by atoms with Crippen LogP contribution in [0.3, 0.4) is 0 Å². The van der Waals surface area contributed by atoms with Crippen LogP contribution in [0, 0.1) is 11.3 Å². The zero-order chi connectivity index (χ0) is 37.7. The number of benzene rings is 2. The first-order valence-electron chi connectivity index (χ1n) is 16.5. The molecule has 3 atom stereocenters. The Kier molecular flexibility index (Phi) is 12.1. The summed E-state index contributed by atoms with van der Waals surface area (Å²) in [5.74, 6) is -1.86. The van der Waals surface area contributed by atoms with Gasteiger partial charge in [0.15, 0.2) is 12.2 Å². The number of aliphatic hydroxyl groups is 1. The first-order chi connectivity index (χ1) is 23.9. The number of imide groups is 1. The van der Waals surface area contributed by atoms with Crippen molar-refractivity contribution in [2.45, 2.75) is 84.0 Å². The number of carbonyl (C=O) groups excluding carboxylic acids is 5. The fraction of sp³-hybridized carbons (Fsp3) is 0.500. The van der Waals surface area contributed by atoms with Gasteiger partial charge in [0.25, 0.3) is 17.7 Å². The van der Waals surface area contributed by atoms with E-state index in [9.17, 15) is 34.3 Å². The van der Waals surface area contributed by atoms with Crippen LogP contribution in [0.1, 0.15) is 69.4 Å². The van der Waals surface area contributed by atoms with E-state index in [1.807, 2.05) is 6.07 Å². The highest BCUT2D eigenvalue weighted by molar-refractivity contribution is 6.04. The molecule has 2 heterocycles. The Morgan fingerprint density at radius 1 is 1.04 bits per heavy atom. The summed E-state index contributed by atoms with van der Waals surface area (Å²) in [7, 11) is 1.60. The fourth-order valence-corrected chi connectivity index (χ4v) is 5.46. The van der Waals surface area contributed by atoms with E-state index in [1.54, 1.807) is 77.8 Å². The number of morpholine rings is 1. The number of hydrogen-bond donors (Lipinski definition) is 2. The summed E-state index contributed by atoms with van der Waals surface area (Å²) < 4.78 is 21.7. The number of methoxy groups -OCH3 is 1. The highest BCUT2D eigenvalue weighted by Gasteiger charge is 2.40. The highest BCUT2D eigenvalue weighted by atomic mass is 16.6. The number of ether oxygens (including phenoxy) is 4. The summed E-state index contributed by atoms with van der Waals surface area (Å²) in [5, 5.41) is 23.3. The number of amides is 5. The zero-order valence-electron chi connectivity index (χ0n) is 29.9. The van der Waals surface area contributed by atoms with Crippen LogP contribution in [0.25, 0.3) is 0 Å². The molecule has 4 rings (SSSR count). The molecule has 274 valence electrons. The summed E-state index contributed by atoms with van der Waals surface area (Å²) in [6, 6.07) is 12.7. The van der Waals surface area contributed by atoms with Gasteiger partial charge in [0.05, 0.1) is 30.9 Å². The molecule has 15 nitrogen and oxygen atoms in total. The van der Waals surface area contributed by atoms with Crippen LogP contribution in [-0.4, -0.2) is 108 Å². The van der Waals surface area contributed by atoms with E-state index in [4.69, 9.17) is 18.9 Å². The number of hydrogen-bond acceptors (Lipinski definition) is 11. The predicted molar refractivity (Wildman–Crippen MR) is 184 cm³/mol. The smallest absolute Gasteiger partial charge is 0.420 e. The van der Waals surface area contributed by atoms with Crippen molar-refractivity contribution in [3.63, 3.8) is 0 Å². The summed E-state index contributed by atoms with van der Waals surface area (Å²) in [6.45, 7) is 10.5. The van der Waals surface area contributed by atoms with Gasteiger partial charge in [-0.2, -0.15) is 5.26 Å². The van der Waals surface area contributed by atoms with Gasteiger partial charge in [-0.15, -0.1) is 0 Å². The van der Waals surface area contributed by atoms with Gasteiger partial charge in [-0.1, -0.05) is 6.07 Å². The molecular weight excluding hydrogens is 662 g/mol. The lowest BCUT2D eigenvalue weighted by Gasteiger charge is -2.34. The Hall–Kier alpha value is -5.04. The van der Waals surface area contributed by atoms with Gasteiger partial charge < -0.3 is 39.2 Å². The normalized spacial score (nSPS) is 18.5. The second-order valence-corrected chi connectivity index (χ2v) is 14.2. The van der Waals surface area contributed by atoms with Crippen LogP contribution >= 0.6 is 0 Å². The SMILES string of the molecule is CO[C@H]1CCN(C(=O)c2cccc(N3CCO[C@H]([C@@H](O)C(=O)Nc4ccc(C#N)c(CN(C(=O)OC(C)(C)C)C(=O)OC(C)(C)C)c4)C3=O)c2)C1. The Labute approximate surface area is 297 Å². The van der Waals surface area contributed by atoms with Gasteiger partial charge in [-0.25, -0.2) is 14.5 Å². The zero-order valence-corrected chi connectivity index (χ0v) is 29.9. The topological polar surface area (TPSA) is 188 Å². The standard InChI is InChI=1S/C36H45N5O10/c1-35(2,3)50-33(46)41(34(47)51-36(4,5)6)20-24-17-25(12-11-23(24)19-37)38-30(43)28(42)29-32(45)40(15-16-49-29)26-10-8-9-22(18-26)31(44)39-14-13-27(21-39)48-7/h8-12,17-18,27-29,42H,13-16,20-21H2,1-7H3,(H,38,43)/t27-,28+,29+/m0/s1. The molecule has 15 heteroatoms. The number of likely N-dealkylation sites (tertiary alicyclic amines) is 1. The molecule has 2 aliphatic rings. The maximum atomic E-state index is 13.5. The second-order valence-electron chi connectivity index (χ2n) is 14.2. The van der Waals surface area contributed by atoms with Gasteiger partial charge in [-0.05, 0) is 89.9 Å². The minimum absolute atomic E-state index is 0.00669. The lowest BCUT2D eigenvalue weighted by Crippen LogP contribution is -2.55. The largest absolute Gasteiger partial charge is 0.443 e. The summed E-state index contributed by atoms with van der Waals surface area (Å²) >= 11 is 0. The van der Waals surface area contributed by atoms with Crippen LogP contribution in [0.4, 0.5) is 21.0 Å². The van der Waals surface area contributed by atoms with Crippen molar-refractivity contribution in [2.24, 2.45) is 0 Å². The molecule has 5 amide bonds. The lowest BCUT2D eigenvalue weighted by atomic mass is 10.1. The Morgan fingerprint density at radius 3 is 2.29 bits per heavy atom.